The van der Waals surface area contributed by atoms with Crippen LogP contribution in [-0.2, 0) is 22.7 Å². The Bertz CT molecular complexity index is 1090. The summed E-state index contributed by atoms with van der Waals surface area (Å²) in [7, 11) is -3.97. The molecular weight excluding hydrogens is 433 g/mol. The van der Waals surface area contributed by atoms with Crippen LogP contribution in [0, 0.1) is 6.92 Å². The molecule has 0 spiro atoms. The van der Waals surface area contributed by atoms with Crippen molar-refractivity contribution in [1.29, 1.82) is 0 Å². The van der Waals surface area contributed by atoms with Crippen molar-refractivity contribution in [3.8, 4) is 10.6 Å². The molecule has 0 unspecified atom stereocenters. The van der Waals surface area contributed by atoms with E-state index < -0.39 is 21.8 Å². The van der Waals surface area contributed by atoms with Crippen molar-refractivity contribution in [3.63, 3.8) is 0 Å². The molecule has 4 nitrogen and oxygen atoms in total. The monoisotopic (exact) mass is 446 g/mol. The minimum Gasteiger partial charge on any atom is -0.241 e. The molecule has 28 heavy (non-hydrogen) atoms. The molecule has 1 N–H and O–H groups in total. The summed E-state index contributed by atoms with van der Waals surface area (Å²) in [6, 6.07) is 10.5. The van der Waals surface area contributed by atoms with Crippen LogP contribution in [0.4, 0.5) is 13.2 Å². The molecule has 3 aromatic rings. The first-order chi connectivity index (χ1) is 13.1. The molecule has 148 valence electrons. The van der Waals surface area contributed by atoms with Crippen LogP contribution in [0.1, 0.15) is 16.1 Å². The van der Waals surface area contributed by atoms with E-state index in [2.05, 4.69) is 9.71 Å². The molecule has 0 aliphatic heterocycles. The number of hydrogen-bond acceptors (Lipinski definition) is 4. The summed E-state index contributed by atoms with van der Waals surface area (Å²) >= 11 is 7.47. The molecular formula is C18H14ClF3N2O2S2. The fourth-order valence-corrected chi connectivity index (χ4v) is 4.82. The van der Waals surface area contributed by atoms with Gasteiger partial charge in [-0.15, -0.1) is 11.3 Å². The van der Waals surface area contributed by atoms with Crippen LogP contribution in [0.2, 0.25) is 5.02 Å². The minimum absolute atomic E-state index is 0.0304. The van der Waals surface area contributed by atoms with Crippen molar-refractivity contribution >= 4 is 33.0 Å². The molecule has 0 bridgehead atoms. The van der Waals surface area contributed by atoms with Gasteiger partial charge in [-0.2, -0.15) is 13.2 Å². The van der Waals surface area contributed by atoms with Crippen LogP contribution >= 0.6 is 22.9 Å². The Labute approximate surface area is 169 Å². The average Bonchev–Trinajstić information content (AvgIpc) is 3.00. The lowest BCUT2D eigenvalue weighted by Crippen LogP contribution is -2.23. The number of aryl methyl sites for hydroxylation is 1. The fraction of sp³-hybridized carbons (Fsp3) is 0.167. The number of rotatable bonds is 5. The minimum atomic E-state index is -4.52. The van der Waals surface area contributed by atoms with E-state index in [1.807, 2.05) is 12.1 Å². The Hall–Kier alpha value is -1.94. The third kappa shape index (κ3) is 4.54. The lowest BCUT2D eigenvalue weighted by Gasteiger charge is -2.09. The van der Waals surface area contributed by atoms with Crippen LogP contribution in [-0.4, -0.2) is 13.4 Å². The predicted octanol–water partition coefficient (Wildman–Crippen LogP) is 5.27. The van der Waals surface area contributed by atoms with E-state index in [0.717, 1.165) is 29.8 Å². The molecule has 2 aromatic carbocycles. The first kappa shape index (κ1) is 20.8. The van der Waals surface area contributed by atoms with Gasteiger partial charge in [0.15, 0.2) is 0 Å². The number of sulfonamides is 1. The molecule has 0 amide bonds. The zero-order valence-electron chi connectivity index (χ0n) is 14.4. The summed E-state index contributed by atoms with van der Waals surface area (Å²) < 4.78 is 65.0. The van der Waals surface area contributed by atoms with E-state index in [-0.39, 0.29) is 11.4 Å². The largest absolute Gasteiger partial charge is 0.416 e. The summed E-state index contributed by atoms with van der Waals surface area (Å²) in [5, 5.41) is 1.19. The summed E-state index contributed by atoms with van der Waals surface area (Å²) in [6.45, 7) is 1.72. The van der Waals surface area contributed by atoms with Crippen LogP contribution in [0.3, 0.4) is 0 Å². The molecule has 0 saturated carbocycles. The van der Waals surface area contributed by atoms with Gasteiger partial charge in [0.1, 0.15) is 5.01 Å². The molecule has 0 fully saturated rings. The predicted molar refractivity (Wildman–Crippen MR) is 103 cm³/mol. The highest BCUT2D eigenvalue weighted by atomic mass is 35.5. The number of alkyl halides is 3. The number of hydrogen-bond donors (Lipinski definition) is 1. The van der Waals surface area contributed by atoms with Crippen molar-refractivity contribution in [3.05, 3.63) is 69.7 Å². The lowest BCUT2D eigenvalue weighted by atomic mass is 10.2. The second-order valence-electron chi connectivity index (χ2n) is 5.85. The number of halogens is 4. The highest BCUT2D eigenvalue weighted by molar-refractivity contribution is 7.89. The third-order valence-electron chi connectivity index (χ3n) is 3.91. The molecule has 0 atom stereocenters. The molecule has 1 heterocycles. The van der Waals surface area contributed by atoms with Gasteiger partial charge < -0.3 is 0 Å². The van der Waals surface area contributed by atoms with Crippen molar-refractivity contribution in [2.24, 2.45) is 0 Å². The van der Waals surface area contributed by atoms with E-state index in [4.69, 9.17) is 11.6 Å². The maximum Gasteiger partial charge on any atom is 0.416 e. The molecule has 10 heteroatoms. The zero-order valence-corrected chi connectivity index (χ0v) is 16.8. The van der Waals surface area contributed by atoms with Gasteiger partial charge in [0.25, 0.3) is 0 Å². The maximum atomic E-state index is 12.6. The Balaban J connectivity index is 1.77. The Morgan fingerprint density at radius 1 is 1.11 bits per heavy atom. The topological polar surface area (TPSA) is 59.1 Å². The molecule has 1 aromatic heterocycles. The van der Waals surface area contributed by atoms with Gasteiger partial charge in [0.2, 0.25) is 10.0 Å². The quantitative estimate of drug-likeness (QED) is 0.581. The maximum absolute atomic E-state index is 12.6. The van der Waals surface area contributed by atoms with E-state index in [1.54, 1.807) is 19.1 Å². The summed E-state index contributed by atoms with van der Waals surface area (Å²) in [4.78, 5) is 4.87. The first-order valence-electron chi connectivity index (χ1n) is 7.96. The number of thiazole rings is 1. The van der Waals surface area contributed by atoms with Gasteiger partial charge in [-0.1, -0.05) is 29.8 Å². The van der Waals surface area contributed by atoms with Gasteiger partial charge in [0, 0.05) is 17.0 Å². The van der Waals surface area contributed by atoms with Gasteiger partial charge in [0.05, 0.1) is 21.2 Å². The second kappa shape index (κ2) is 7.82. The SMILES string of the molecule is Cc1nc(-c2ccccc2Cl)sc1CNS(=O)(=O)c1ccc(C(F)(F)F)cc1. The summed E-state index contributed by atoms with van der Waals surface area (Å²) in [5.74, 6) is 0. The lowest BCUT2D eigenvalue weighted by molar-refractivity contribution is -0.137. The summed E-state index contributed by atoms with van der Waals surface area (Å²) in [5.41, 5.74) is 0.485. The van der Waals surface area contributed by atoms with Crippen molar-refractivity contribution in [2.75, 3.05) is 0 Å². The first-order valence-corrected chi connectivity index (χ1v) is 10.6. The van der Waals surface area contributed by atoms with E-state index in [1.165, 1.54) is 11.3 Å². The molecule has 0 radical (unpaired) electrons. The fourth-order valence-electron chi connectivity index (χ4n) is 2.41. The van der Waals surface area contributed by atoms with Crippen LogP contribution in [0.25, 0.3) is 10.6 Å². The second-order valence-corrected chi connectivity index (χ2v) is 9.11. The van der Waals surface area contributed by atoms with Gasteiger partial charge in [-0.3, -0.25) is 0 Å². The van der Waals surface area contributed by atoms with Crippen LogP contribution in [0.5, 0.6) is 0 Å². The Morgan fingerprint density at radius 3 is 2.36 bits per heavy atom. The van der Waals surface area contributed by atoms with E-state index in [0.29, 0.717) is 20.6 Å². The number of benzene rings is 2. The number of nitrogens with zero attached hydrogens (tertiary/aromatic N) is 1. The molecule has 0 saturated heterocycles. The highest BCUT2D eigenvalue weighted by Crippen LogP contribution is 2.33. The van der Waals surface area contributed by atoms with E-state index in [9.17, 15) is 21.6 Å². The Kier molecular flexibility index (Phi) is 5.81. The standard InChI is InChI=1S/C18H14ClF3N2O2S2/c1-11-16(27-17(24-11)14-4-2-3-5-15(14)19)10-23-28(25,26)13-8-6-12(7-9-13)18(20,21)22/h2-9,23H,10H2,1H3. The van der Waals surface area contributed by atoms with Gasteiger partial charge in [-0.25, -0.2) is 18.1 Å². The highest BCUT2D eigenvalue weighted by Gasteiger charge is 2.30. The summed E-state index contributed by atoms with van der Waals surface area (Å²) in [6.07, 6.45) is -4.52. The van der Waals surface area contributed by atoms with Crippen LogP contribution < -0.4 is 4.72 Å². The molecule has 0 aliphatic rings. The van der Waals surface area contributed by atoms with Crippen molar-refractivity contribution in [1.82, 2.24) is 9.71 Å². The smallest absolute Gasteiger partial charge is 0.241 e. The van der Waals surface area contributed by atoms with Gasteiger partial charge >= 0.3 is 6.18 Å². The average molecular weight is 447 g/mol. The zero-order chi connectivity index (χ0) is 20.5. The number of aromatic nitrogens is 1. The molecule has 3 rings (SSSR count). The van der Waals surface area contributed by atoms with Crippen molar-refractivity contribution < 1.29 is 21.6 Å². The van der Waals surface area contributed by atoms with Crippen molar-refractivity contribution in [2.45, 2.75) is 24.5 Å². The third-order valence-corrected chi connectivity index (χ3v) is 6.85. The van der Waals surface area contributed by atoms with E-state index >= 15 is 0 Å². The molecule has 0 aliphatic carbocycles. The van der Waals surface area contributed by atoms with Crippen LogP contribution in [0.15, 0.2) is 53.4 Å². The normalized spacial score (nSPS) is 12.3. The van der Waals surface area contributed by atoms with Gasteiger partial charge in [-0.05, 0) is 37.3 Å². The Morgan fingerprint density at radius 2 is 1.75 bits per heavy atom. The number of nitrogens with one attached hydrogen (secondary N) is 1.